The van der Waals surface area contributed by atoms with Crippen LogP contribution in [0.4, 0.5) is 0 Å². The number of nitrogens with zero attached hydrogens (tertiary/aromatic N) is 1. The molecule has 1 aliphatic rings. The molecule has 0 aliphatic carbocycles. The fraction of sp³-hybridized carbons (Fsp3) is 0.571. The van der Waals surface area contributed by atoms with E-state index in [0.717, 1.165) is 43.3 Å². The smallest absolute Gasteiger partial charge is 0.0594 e. The Balaban J connectivity index is 2.27. The highest BCUT2D eigenvalue weighted by molar-refractivity contribution is 6.31. The Kier molecular flexibility index (Phi) is 5.01. The summed E-state index contributed by atoms with van der Waals surface area (Å²) in [6.07, 6.45) is 0.938. The summed E-state index contributed by atoms with van der Waals surface area (Å²) in [6, 6.07) is 8.29. The van der Waals surface area contributed by atoms with Gasteiger partial charge in [0.25, 0.3) is 0 Å². The Morgan fingerprint density at radius 2 is 2.00 bits per heavy atom. The highest BCUT2D eigenvalue weighted by Crippen LogP contribution is 2.31. The van der Waals surface area contributed by atoms with Crippen LogP contribution in [0.15, 0.2) is 24.3 Å². The number of rotatable bonds is 4. The molecular formula is C14H21ClN2O. The molecule has 0 amide bonds. The molecule has 0 aromatic heterocycles. The van der Waals surface area contributed by atoms with E-state index in [4.69, 9.17) is 22.1 Å². The maximum absolute atomic E-state index is 6.33. The van der Waals surface area contributed by atoms with E-state index < -0.39 is 0 Å². The summed E-state index contributed by atoms with van der Waals surface area (Å²) in [7, 11) is 0. The molecule has 0 radical (unpaired) electrons. The van der Waals surface area contributed by atoms with Gasteiger partial charge in [-0.25, -0.2) is 0 Å². The van der Waals surface area contributed by atoms with Gasteiger partial charge >= 0.3 is 0 Å². The Morgan fingerprint density at radius 1 is 1.33 bits per heavy atom. The van der Waals surface area contributed by atoms with E-state index in [0.29, 0.717) is 0 Å². The lowest BCUT2D eigenvalue weighted by molar-refractivity contribution is 0.0101. The molecule has 2 unspecified atom stereocenters. The van der Waals surface area contributed by atoms with Crippen molar-refractivity contribution in [2.45, 2.75) is 25.4 Å². The van der Waals surface area contributed by atoms with E-state index in [2.05, 4.69) is 17.9 Å². The zero-order valence-corrected chi connectivity index (χ0v) is 11.6. The maximum atomic E-state index is 6.33. The van der Waals surface area contributed by atoms with Crippen LogP contribution in [0.25, 0.3) is 0 Å². The van der Waals surface area contributed by atoms with E-state index in [1.165, 1.54) is 0 Å². The van der Waals surface area contributed by atoms with Crippen molar-refractivity contribution in [1.29, 1.82) is 0 Å². The van der Waals surface area contributed by atoms with Crippen LogP contribution < -0.4 is 5.73 Å². The number of halogens is 1. The average molecular weight is 269 g/mol. The van der Waals surface area contributed by atoms with Gasteiger partial charge in [0.2, 0.25) is 0 Å². The molecule has 100 valence electrons. The maximum Gasteiger partial charge on any atom is 0.0594 e. The van der Waals surface area contributed by atoms with Gasteiger partial charge in [0.15, 0.2) is 0 Å². The molecule has 0 saturated carbocycles. The summed E-state index contributed by atoms with van der Waals surface area (Å²) in [5.74, 6) is 0. The molecule has 1 aromatic carbocycles. The molecule has 1 fully saturated rings. The predicted octanol–water partition coefficient (Wildman–Crippen LogP) is 2.45. The van der Waals surface area contributed by atoms with Crippen molar-refractivity contribution in [2.75, 3.05) is 26.3 Å². The average Bonchev–Trinajstić information content (AvgIpc) is 2.42. The molecule has 2 atom stereocenters. The third-order valence-electron chi connectivity index (χ3n) is 3.54. The van der Waals surface area contributed by atoms with Crippen LogP contribution >= 0.6 is 11.6 Å². The summed E-state index contributed by atoms with van der Waals surface area (Å²) in [4.78, 5) is 2.39. The summed E-state index contributed by atoms with van der Waals surface area (Å²) >= 11 is 6.33. The quantitative estimate of drug-likeness (QED) is 0.912. The first kappa shape index (κ1) is 13.8. The van der Waals surface area contributed by atoms with Gasteiger partial charge in [0.05, 0.1) is 19.3 Å². The third-order valence-corrected chi connectivity index (χ3v) is 3.88. The van der Waals surface area contributed by atoms with Gasteiger partial charge in [0.1, 0.15) is 0 Å². The lowest BCUT2D eigenvalue weighted by atomic mass is 9.96. The number of morpholine rings is 1. The topological polar surface area (TPSA) is 38.5 Å². The van der Waals surface area contributed by atoms with E-state index in [-0.39, 0.29) is 12.1 Å². The van der Waals surface area contributed by atoms with E-state index in [1.54, 1.807) is 0 Å². The minimum Gasteiger partial charge on any atom is -0.379 e. The Bertz CT molecular complexity index is 380. The number of ether oxygens (including phenoxy) is 1. The van der Waals surface area contributed by atoms with Crippen molar-refractivity contribution in [1.82, 2.24) is 4.90 Å². The van der Waals surface area contributed by atoms with Gasteiger partial charge in [0, 0.05) is 24.2 Å². The molecule has 2 rings (SSSR count). The largest absolute Gasteiger partial charge is 0.379 e. The highest BCUT2D eigenvalue weighted by Gasteiger charge is 2.28. The van der Waals surface area contributed by atoms with Gasteiger partial charge in [-0.2, -0.15) is 0 Å². The van der Waals surface area contributed by atoms with Gasteiger partial charge in [-0.3, -0.25) is 4.90 Å². The second kappa shape index (κ2) is 6.53. The molecule has 0 spiro atoms. The van der Waals surface area contributed by atoms with Crippen LogP contribution in [-0.2, 0) is 4.74 Å². The minimum atomic E-state index is 0.1000. The second-order valence-corrected chi connectivity index (χ2v) is 5.09. The fourth-order valence-electron chi connectivity index (χ4n) is 2.49. The molecular weight excluding hydrogens is 248 g/mol. The van der Waals surface area contributed by atoms with Crippen molar-refractivity contribution in [2.24, 2.45) is 5.73 Å². The molecule has 2 N–H and O–H groups in total. The van der Waals surface area contributed by atoms with Crippen LogP contribution in [0.3, 0.4) is 0 Å². The van der Waals surface area contributed by atoms with Crippen LogP contribution in [0.5, 0.6) is 0 Å². The summed E-state index contributed by atoms with van der Waals surface area (Å²) in [5, 5.41) is 0.804. The van der Waals surface area contributed by atoms with Crippen LogP contribution in [0, 0.1) is 0 Å². The molecule has 18 heavy (non-hydrogen) atoms. The monoisotopic (exact) mass is 268 g/mol. The van der Waals surface area contributed by atoms with Crippen LogP contribution in [0.1, 0.15) is 24.9 Å². The Morgan fingerprint density at radius 3 is 2.61 bits per heavy atom. The van der Waals surface area contributed by atoms with Crippen molar-refractivity contribution in [3.05, 3.63) is 34.9 Å². The summed E-state index contributed by atoms with van der Waals surface area (Å²) in [5.41, 5.74) is 7.44. The number of hydrogen-bond acceptors (Lipinski definition) is 3. The lowest BCUT2D eigenvalue weighted by Gasteiger charge is -2.38. The first-order valence-corrected chi connectivity index (χ1v) is 6.93. The Labute approximate surface area is 114 Å². The minimum absolute atomic E-state index is 0.1000. The van der Waals surface area contributed by atoms with Crippen molar-refractivity contribution in [3.63, 3.8) is 0 Å². The molecule has 4 heteroatoms. The zero-order valence-electron chi connectivity index (χ0n) is 10.8. The van der Waals surface area contributed by atoms with Gasteiger partial charge in [-0.05, 0) is 18.1 Å². The summed E-state index contributed by atoms with van der Waals surface area (Å²) < 4.78 is 5.41. The predicted molar refractivity (Wildman–Crippen MR) is 74.9 cm³/mol. The van der Waals surface area contributed by atoms with Crippen molar-refractivity contribution >= 4 is 11.6 Å². The van der Waals surface area contributed by atoms with Gasteiger partial charge in [-0.15, -0.1) is 0 Å². The SMILES string of the molecule is CCC(N)C(c1ccccc1Cl)N1CCOCC1. The molecule has 1 aliphatic heterocycles. The van der Waals surface area contributed by atoms with Crippen molar-refractivity contribution < 1.29 is 4.74 Å². The third kappa shape index (κ3) is 3.04. The first-order valence-electron chi connectivity index (χ1n) is 6.56. The molecule has 1 heterocycles. The fourth-order valence-corrected chi connectivity index (χ4v) is 2.74. The zero-order chi connectivity index (χ0) is 13.0. The van der Waals surface area contributed by atoms with E-state index in [9.17, 15) is 0 Å². The lowest BCUT2D eigenvalue weighted by Crippen LogP contribution is -2.46. The molecule has 0 bridgehead atoms. The summed E-state index contributed by atoms with van der Waals surface area (Å²) in [6.45, 7) is 5.51. The molecule has 1 aromatic rings. The second-order valence-electron chi connectivity index (χ2n) is 4.69. The number of nitrogens with two attached hydrogens (primary N) is 1. The number of benzene rings is 1. The standard InChI is InChI=1S/C14H21ClN2O/c1-2-13(16)14(17-7-9-18-10-8-17)11-5-3-4-6-12(11)15/h3-6,13-14H,2,7-10,16H2,1H3. The van der Waals surface area contributed by atoms with E-state index >= 15 is 0 Å². The highest BCUT2D eigenvalue weighted by atomic mass is 35.5. The van der Waals surface area contributed by atoms with Gasteiger partial charge < -0.3 is 10.5 Å². The normalized spacial score (nSPS) is 20.6. The van der Waals surface area contributed by atoms with Crippen LogP contribution in [-0.4, -0.2) is 37.2 Å². The molecule has 1 saturated heterocycles. The first-order chi connectivity index (χ1) is 8.74. The van der Waals surface area contributed by atoms with E-state index in [1.807, 2.05) is 18.2 Å². The molecule has 3 nitrogen and oxygen atoms in total. The Hall–Kier alpha value is -0.610. The van der Waals surface area contributed by atoms with Crippen molar-refractivity contribution in [3.8, 4) is 0 Å². The van der Waals surface area contributed by atoms with Crippen LogP contribution in [0.2, 0.25) is 5.02 Å². The van der Waals surface area contributed by atoms with Gasteiger partial charge in [-0.1, -0.05) is 36.7 Å². The number of hydrogen-bond donors (Lipinski definition) is 1.